The van der Waals surface area contributed by atoms with Crippen LogP contribution in [0.1, 0.15) is 15.9 Å². The fourth-order valence-electron chi connectivity index (χ4n) is 1.72. The van der Waals surface area contributed by atoms with Crippen LogP contribution in [0.2, 0.25) is 0 Å². The second-order valence-electron chi connectivity index (χ2n) is 4.10. The molecule has 2 rings (SSSR count). The van der Waals surface area contributed by atoms with Crippen LogP contribution < -0.4 is 10.6 Å². The number of aryl methyl sites for hydroxylation is 1. The molecule has 1 saturated heterocycles. The fourth-order valence-corrected chi connectivity index (χ4v) is 2.66. The average Bonchev–Trinajstić information content (AvgIpc) is 2.85. The van der Waals surface area contributed by atoms with Crippen molar-refractivity contribution in [3.05, 3.63) is 29.3 Å². The van der Waals surface area contributed by atoms with Gasteiger partial charge in [0.2, 0.25) is 5.91 Å². The van der Waals surface area contributed by atoms with Gasteiger partial charge in [-0.05, 0) is 24.6 Å². The van der Waals surface area contributed by atoms with Crippen molar-refractivity contribution in [2.75, 3.05) is 16.9 Å². The number of carbonyl (C=O) groups is 2. The van der Waals surface area contributed by atoms with E-state index in [1.807, 2.05) is 0 Å². The molecule has 0 radical (unpaired) electrons. The van der Waals surface area contributed by atoms with Gasteiger partial charge in [-0.1, -0.05) is 6.07 Å². The lowest BCUT2D eigenvalue weighted by Crippen LogP contribution is -2.37. The summed E-state index contributed by atoms with van der Waals surface area (Å²) in [6, 6.07) is 4.68. The second-order valence-corrected chi connectivity index (χ2v) is 5.13. The topological polar surface area (TPSA) is 78.4 Å². The number of aromatic carboxylic acids is 1. The minimum atomic E-state index is -0.988. The monoisotopic (exact) mass is 266 g/mol. The van der Waals surface area contributed by atoms with Crippen molar-refractivity contribution in [2.45, 2.75) is 13.0 Å². The largest absolute Gasteiger partial charge is 0.478 e. The van der Waals surface area contributed by atoms with E-state index in [0.29, 0.717) is 11.3 Å². The van der Waals surface area contributed by atoms with Crippen molar-refractivity contribution in [2.24, 2.45) is 0 Å². The molecule has 1 amide bonds. The summed E-state index contributed by atoms with van der Waals surface area (Å²) in [6.07, 6.45) is 0. The molecule has 1 aromatic carbocycles. The number of nitrogens with one attached hydrogen (secondary N) is 2. The smallest absolute Gasteiger partial charge is 0.336 e. The fraction of sp³-hybridized carbons (Fsp3) is 0.333. The first-order valence-corrected chi connectivity index (χ1v) is 6.69. The molecular formula is C12H14N2O3S. The molecule has 3 N–H and O–H groups in total. The summed E-state index contributed by atoms with van der Waals surface area (Å²) < 4.78 is 0. The number of hydrogen-bond donors (Lipinski definition) is 3. The number of carboxylic acid groups (broad SMARTS) is 1. The van der Waals surface area contributed by atoms with Crippen LogP contribution in [0.4, 0.5) is 5.69 Å². The molecule has 0 aromatic heterocycles. The Labute approximate surface area is 109 Å². The van der Waals surface area contributed by atoms with E-state index in [-0.39, 0.29) is 17.5 Å². The Morgan fingerprint density at radius 3 is 2.89 bits per heavy atom. The molecular weight excluding hydrogens is 252 g/mol. The maximum absolute atomic E-state index is 11.8. The minimum absolute atomic E-state index is 0.125. The van der Waals surface area contributed by atoms with Gasteiger partial charge in [0.25, 0.3) is 0 Å². The third-order valence-corrected chi connectivity index (χ3v) is 3.71. The molecule has 0 spiro atoms. The van der Waals surface area contributed by atoms with Gasteiger partial charge in [0, 0.05) is 17.3 Å². The summed E-state index contributed by atoms with van der Waals surface area (Å²) in [7, 11) is 0. The summed E-state index contributed by atoms with van der Waals surface area (Å²) in [5.74, 6) is 0.397. The minimum Gasteiger partial charge on any atom is -0.478 e. The Morgan fingerprint density at radius 1 is 1.50 bits per heavy atom. The second kappa shape index (κ2) is 5.41. The van der Waals surface area contributed by atoms with E-state index in [0.717, 1.165) is 11.6 Å². The SMILES string of the molecule is Cc1ccc(NC(=O)C2CSCN2)cc1C(=O)O. The number of anilines is 1. The molecule has 0 bridgehead atoms. The van der Waals surface area contributed by atoms with Gasteiger partial charge in [0.05, 0.1) is 11.6 Å². The molecule has 1 heterocycles. The number of rotatable bonds is 3. The summed E-state index contributed by atoms with van der Waals surface area (Å²) in [6.45, 7) is 1.73. The molecule has 96 valence electrons. The van der Waals surface area contributed by atoms with Gasteiger partial charge in [-0.25, -0.2) is 4.79 Å². The molecule has 6 heteroatoms. The van der Waals surface area contributed by atoms with Gasteiger partial charge in [0.15, 0.2) is 0 Å². The first kappa shape index (κ1) is 12.9. The lowest BCUT2D eigenvalue weighted by atomic mass is 10.1. The van der Waals surface area contributed by atoms with Crippen LogP contribution >= 0.6 is 11.8 Å². The zero-order valence-electron chi connectivity index (χ0n) is 9.90. The number of carboxylic acids is 1. The third kappa shape index (κ3) is 2.83. The zero-order valence-corrected chi connectivity index (χ0v) is 10.7. The van der Waals surface area contributed by atoms with Crippen LogP contribution in [0, 0.1) is 6.92 Å². The Balaban J connectivity index is 2.11. The Hall–Kier alpha value is -1.53. The maximum Gasteiger partial charge on any atom is 0.336 e. The molecule has 1 fully saturated rings. The van der Waals surface area contributed by atoms with E-state index in [4.69, 9.17) is 5.11 Å². The lowest BCUT2D eigenvalue weighted by Gasteiger charge is -2.11. The molecule has 1 aliphatic rings. The van der Waals surface area contributed by atoms with E-state index in [9.17, 15) is 9.59 Å². The van der Waals surface area contributed by atoms with Gasteiger partial charge in [-0.2, -0.15) is 0 Å². The maximum atomic E-state index is 11.8. The Bertz CT molecular complexity index is 484. The standard InChI is InChI=1S/C12H14N2O3S/c1-7-2-3-8(4-9(7)12(16)17)14-11(15)10-5-18-6-13-10/h2-4,10,13H,5-6H2,1H3,(H,14,15)(H,16,17). The van der Waals surface area contributed by atoms with Gasteiger partial charge < -0.3 is 10.4 Å². The van der Waals surface area contributed by atoms with Crippen LogP contribution in [0.15, 0.2) is 18.2 Å². The first-order chi connectivity index (χ1) is 8.58. The van der Waals surface area contributed by atoms with Crippen LogP contribution in [-0.4, -0.2) is 34.7 Å². The number of amides is 1. The molecule has 1 aliphatic heterocycles. The van der Waals surface area contributed by atoms with E-state index in [1.54, 1.807) is 30.8 Å². The van der Waals surface area contributed by atoms with Gasteiger partial charge in [-0.15, -0.1) is 11.8 Å². The summed E-state index contributed by atoms with van der Waals surface area (Å²) >= 11 is 1.67. The Kier molecular flexibility index (Phi) is 3.88. The van der Waals surface area contributed by atoms with Gasteiger partial charge >= 0.3 is 5.97 Å². The van der Waals surface area contributed by atoms with Crippen molar-refractivity contribution >= 4 is 29.3 Å². The van der Waals surface area contributed by atoms with Crippen molar-refractivity contribution in [1.82, 2.24) is 5.32 Å². The van der Waals surface area contributed by atoms with Crippen LogP contribution in [0.25, 0.3) is 0 Å². The first-order valence-electron chi connectivity index (χ1n) is 5.54. The highest BCUT2D eigenvalue weighted by Crippen LogP contribution is 2.17. The Morgan fingerprint density at radius 2 is 2.28 bits per heavy atom. The number of thioether (sulfide) groups is 1. The lowest BCUT2D eigenvalue weighted by molar-refractivity contribution is -0.117. The van der Waals surface area contributed by atoms with E-state index < -0.39 is 5.97 Å². The molecule has 0 saturated carbocycles. The molecule has 0 aliphatic carbocycles. The highest BCUT2D eigenvalue weighted by Gasteiger charge is 2.22. The third-order valence-electron chi connectivity index (χ3n) is 2.77. The highest BCUT2D eigenvalue weighted by atomic mass is 32.2. The predicted octanol–water partition coefficient (Wildman–Crippen LogP) is 1.29. The van der Waals surface area contributed by atoms with Crippen LogP contribution in [-0.2, 0) is 4.79 Å². The van der Waals surface area contributed by atoms with Crippen LogP contribution in [0.5, 0.6) is 0 Å². The zero-order chi connectivity index (χ0) is 13.1. The molecule has 18 heavy (non-hydrogen) atoms. The number of benzene rings is 1. The number of hydrogen-bond acceptors (Lipinski definition) is 4. The molecule has 5 nitrogen and oxygen atoms in total. The van der Waals surface area contributed by atoms with Gasteiger partial charge in [0.1, 0.15) is 0 Å². The van der Waals surface area contributed by atoms with Crippen molar-refractivity contribution < 1.29 is 14.7 Å². The summed E-state index contributed by atoms with van der Waals surface area (Å²) in [5, 5.41) is 14.8. The summed E-state index contributed by atoms with van der Waals surface area (Å²) in [5.41, 5.74) is 1.40. The van der Waals surface area contributed by atoms with Gasteiger partial charge in [-0.3, -0.25) is 10.1 Å². The molecule has 1 unspecified atom stereocenters. The number of carbonyl (C=O) groups excluding carboxylic acids is 1. The van der Waals surface area contributed by atoms with Crippen molar-refractivity contribution in [1.29, 1.82) is 0 Å². The molecule has 1 atom stereocenters. The van der Waals surface area contributed by atoms with E-state index >= 15 is 0 Å². The highest BCUT2D eigenvalue weighted by molar-refractivity contribution is 7.99. The quantitative estimate of drug-likeness (QED) is 0.768. The average molecular weight is 266 g/mol. The predicted molar refractivity (Wildman–Crippen MR) is 71.0 cm³/mol. The van der Waals surface area contributed by atoms with Crippen LogP contribution in [0.3, 0.4) is 0 Å². The molecule has 1 aromatic rings. The van der Waals surface area contributed by atoms with Crippen molar-refractivity contribution in [3.63, 3.8) is 0 Å². The summed E-state index contributed by atoms with van der Waals surface area (Å²) in [4.78, 5) is 22.8. The van der Waals surface area contributed by atoms with E-state index in [1.165, 1.54) is 6.07 Å². The van der Waals surface area contributed by atoms with E-state index in [2.05, 4.69) is 10.6 Å². The van der Waals surface area contributed by atoms with Crippen molar-refractivity contribution in [3.8, 4) is 0 Å². The normalized spacial score (nSPS) is 18.6.